The summed E-state index contributed by atoms with van der Waals surface area (Å²) in [5, 5.41) is 13.4. The molecule has 1 atom stereocenters. The van der Waals surface area contributed by atoms with Crippen LogP contribution in [0.5, 0.6) is 11.6 Å². The predicted molar refractivity (Wildman–Crippen MR) is 185 cm³/mol. The number of hydrogen-bond acceptors (Lipinski definition) is 8. The van der Waals surface area contributed by atoms with Gasteiger partial charge >= 0.3 is 5.97 Å². The molecule has 12 heteroatoms. The SMILES string of the molecule is CCC(CCN1CCN(c2ccc(Oc3cc(CN4CCC(CNC(C)=O)CC4)cc(-c4cc(Cl)cc(Cl)c4)n3)cn2)CC1)C(=O)O. The fourth-order valence-electron chi connectivity index (χ4n) is 6.23. The first-order chi connectivity index (χ1) is 22.6. The zero-order chi connectivity index (χ0) is 33.3. The Bertz CT molecular complexity index is 1490. The quantitative estimate of drug-likeness (QED) is 0.217. The van der Waals surface area contributed by atoms with Crippen molar-refractivity contribution in [1.29, 1.82) is 0 Å². The van der Waals surface area contributed by atoms with E-state index >= 15 is 0 Å². The van der Waals surface area contributed by atoms with E-state index in [9.17, 15) is 14.7 Å². The molecule has 2 fully saturated rings. The highest BCUT2D eigenvalue weighted by atomic mass is 35.5. The van der Waals surface area contributed by atoms with E-state index < -0.39 is 5.97 Å². The zero-order valence-electron chi connectivity index (χ0n) is 27.1. The number of nitrogens with zero attached hydrogens (tertiary/aromatic N) is 5. The number of piperidine rings is 1. The summed E-state index contributed by atoms with van der Waals surface area (Å²) in [5.74, 6) is 1.45. The van der Waals surface area contributed by atoms with Gasteiger partial charge in [0.05, 0.1) is 17.8 Å². The maximum absolute atomic E-state index is 11.4. The number of aromatic nitrogens is 2. The smallest absolute Gasteiger partial charge is 0.306 e. The van der Waals surface area contributed by atoms with Crippen molar-refractivity contribution in [3.05, 3.63) is 64.3 Å². The Morgan fingerprint density at radius 2 is 1.72 bits per heavy atom. The second-order valence-electron chi connectivity index (χ2n) is 12.5. The predicted octanol–water partition coefficient (Wildman–Crippen LogP) is 6.21. The van der Waals surface area contributed by atoms with Gasteiger partial charge in [0.15, 0.2) is 0 Å². The van der Waals surface area contributed by atoms with E-state index in [1.54, 1.807) is 19.2 Å². The van der Waals surface area contributed by atoms with Gasteiger partial charge < -0.3 is 20.1 Å². The summed E-state index contributed by atoms with van der Waals surface area (Å²) in [6.45, 7) is 11.1. The number of ether oxygens (including phenoxy) is 1. The number of carboxylic acids is 1. The molecular formula is C35H44Cl2N6O4. The maximum atomic E-state index is 11.4. The van der Waals surface area contributed by atoms with Gasteiger partial charge in [0.2, 0.25) is 11.8 Å². The minimum Gasteiger partial charge on any atom is -0.481 e. The van der Waals surface area contributed by atoms with Gasteiger partial charge in [-0.1, -0.05) is 30.1 Å². The van der Waals surface area contributed by atoms with E-state index in [4.69, 9.17) is 37.9 Å². The largest absolute Gasteiger partial charge is 0.481 e. The number of carbonyl (C=O) groups excluding carboxylic acids is 1. The molecule has 4 heterocycles. The lowest BCUT2D eigenvalue weighted by Gasteiger charge is -2.35. The number of likely N-dealkylation sites (tertiary alicyclic amines) is 1. The lowest BCUT2D eigenvalue weighted by molar-refractivity contribution is -0.142. The van der Waals surface area contributed by atoms with Crippen LogP contribution < -0.4 is 15.0 Å². The molecule has 3 aromatic rings. The van der Waals surface area contributed by atoms with E-state index in [0.717, 1.165) is 94.4 Å². The standard InChI is InChI=1S/C35H44Cl2N6O4/c1-3-27(35(45)46)8-11-41-12-14-43(15-13-41)33-5-4-31(22-39-33)47-34-17-26(16-32(40-34)28-18-29(36)20-30(37)19-28)23-42-9-6-25(7-10-42)21-38-24(2)44/h4-5,16-20,22,25,27H,3,6-15,21,23H2,1-2H3,(H,38,44)(H,45,46). The third-order valence-electron chi connectivity index (χ3n) is 9.05. The number of aliphatic carboxylic acids is 1. The van der Waals surface area contributed by atoms with Crippen LogP contribution in [0.3, 0.4) is 0 Å². The lowest BCUT2D eigenvalue weighted by Crippen LogP contribution is -2.47. The number of anilines is 1. The van der Waals surface area contributed by atoms with Crippen molar-refractivity contribution < 1.29 is 19.4 Å². The molecule has 1 aromatic carbocycles. The van der Waals surface area contributed by atoms with E-state index in [1.165, 1.54) is 0 Å². The first kappa shape index (κ1) is 34.9. The molecule has 2 aliphatic rings. The Morgan fingerprint density at radius 3 is 2.34 bits per heavy atom. The highest BCUT2D eigenvalue weighted by Crippen LogP contribution is 2.31. The Balaban J connectivity index is 1.24. The van der Waals surface area contributed by atoms with Crippen molar-refractivity contribution in [3.63, 3.8) is 0 Å². The Labute approximate surface area is 287 Å². The number of carbonyl (C=O) groups is 2. The number of benzene rings is 1. The molecule has 5 rings (SSSR count). The highest BCUT2D eigenvalue weighted by molar-refractivity contribution is 6.35. The monoisotopic (exact) mass is 682 g/mol. The second kappa shape index (κ2) is 16.6. The molecular weight excluding hydrogens is 639 g/mol. The summed E-state index contributed by atoms with van der Waals surface area (Å²) in [5.41, 5.74) is 2.60. The third kappa shape index (κ3) is 10.3. The molecule has 0 spiro atoms. The molecule has 0 bridgehead atoms. The van der Waals surface area contributed by atoms with Crippen molar-refractivity contribution >= 4 is 40.9 Å². The van der Waals surface area contributed by atoms with Gasteiger partial charge in [0, 0.05) is 67.9 Å². The van der Waals surface area contributed by atoms with Crippen LogP contribution in [0.4, 0.5) is 5.82 Å². The van der Waals surface area contributed by atoms with Crippen LogP contribution in [0.15, 0.2) is 48.7 Å². The summed E-state index contributed by atoms with van der Waals surface area (Å²) in [6.07, 6.45) is 5.12. The van der Waals surface area contributed by atoms with Gasteiger partial charge in [-0.2, -0.15) is 0 Å². The van der Waals surface area contributed by atoms with Gasteiger partial charge in [-0.15, -0.1) is 0 Å². The normalized spacial score (nSPS) is 17.0. The first-order valence-electron chi connectivity index (χ1n) is 16.4. The van der Waals surface area contributed by atoms with Crippen molar-refractivity contribution in [3.8, 4) is 22.9 Å². The zero-order valence-corrected chi connectivity index (χ0v) is 28.6. The Kier molecular flexibility index (Phi) is 12.3. The van der Waals surface area contributed by atoms with E-state index in [0.29, 0.717) is 40.4 Å². The number of piperazine rings is 1. The molecule has 1 unspecified atom stereocenters. The minimum absolute atomic E-state index is 0.0184. The van der Waals surface area contributed by atoms with Crippen molar-refractivity contribution in [1.82, 2.24) is 25.1 Å². The van der Waals surface area contributed by atoms with Crippen molar-refractivity contribution in [2.75, 3.05) is 57.3 Å². The number of carboxylic acid groups (broad SMARTS) is 1. The van der Waals surface area contributed by atoms with Crippen LogP contribution in [0, 0.1) is 11.8 Å². The number of hydrogen-bond donors (Lipinski definition) is 2. The first-order valence-corrected chi connectivity index (χ1v) is 17.2. The maximum Gasteiger partial charge on any atom is 0.306 e. The molecule has 2 aromatic heterocycles. The van der Waals surface area contributed by atoms with Crippen molar-refractivity contribution in [2.45, 2.75) is 46.1 Å². The molecule has 252 valence electrons. The van der Waals surface area contributed by atoms with Crippen LogP contribution >= 0.6 is 23.2 Å². The van der Waals surface area contributed by atoms with Gasteiger partial charge in [-0.3, -0.25) is 19.4 Å². The van der Waals surface area contributed by atoms with Gasteiger partial charge in [0.25, 0.3) is 0 Å². The Hall–Kier alpha value is -3.44. The molecule has 2 N–H and O–H groups in total. The van der Waals surface area contributed by atoms with E-state index in [1.807, 2.05) is 37.3 Å². The number of rotatable bonds is 13. The average molecular weight is 684 g/mol. The molecule has 2 saturated heterocycles. The molecule has 10 nitrogen and oxygen atoms in total. The van der Waals surface area contributed by atoms with Crippen LogP contribution in [0.25, 0.3) is 11.3 Å². The molecule has 0 saturated carbocycles. The third-order valence-corrected chi connectivity index (χ3v) is 9.48. The summed E-state index contributed by atoms with van der Waals surface area (Å²) in [7, 11) is 0. The number of pyridine rings is 2. The molecule has 47 heavy (non-hydrogen) atoms. The summed E-state index contributed by atoms with van der Waals surface area (Å²) < 4.78 is 6.27. The minimum atomic E-state index is -0.707. The molecule has 0 aliphatic carbocycles. The Morgan fingerprint density at radius 1 is 1.00 bits per heavy atom. The van der Waals surface area contributed by atoms with E-state index in [-0.39, 0.29) is 11.8 Å². The summed E-state index contributed by atoms with van der Waals surface area (Å²) in [4.78, 5) is 39.2. The number of amides is 1. The van der Waals surface area contributed by atoms with E-state index in [2.05, 4.69) is 26.1 Å². The van der Waals surface area contributed by atoms with Crippen LogP contribution in [0.2, 0.25) is 10.0 Å². The number of halogens is 2. The van der Waals surface area contributed by atoms with Gasteiger partial charge in [0.1, 0.15) is 11.6 Å². The topological polar surface area (TPSA) is 111 Å². The summed E-state index contributed by atoms with van der Waals surface area (Å²) in [6, 6.07) is 13.3. The van der Waals surface area contributed by atoms with Crippen molar-refractivity contribution in [2.24, 2.45) is 11.8 Å². The molecule has 0 radical (unpaired) electrons. The van der Waals surface area contributed by atoms with Gasteiger partial charge in [-0.25, -0.2) is 9.97 Å². The number of nitrogens with one attached hydrogen (secondary N) is 1. The van der Waals surface area contributed by atoms with Crippen LogP contribution in [-0.2, 0) is 16.1 Å². The average Bonchev–Trinajstić information content (AvgIpc) is 3.05. The van der Waals surface area contributed by atoms with Gasteiger partial charge in [-0.05, 0) is 93.2 Å². The fourth-order valence-corrected chi connectivity index (χ4v) is 6.76. The summed E-state index contributed by atoms with van der Waals surface area (Å²) >= 11 is 12.7. The molecule has 1 amide bonds. The lowest BCUT2D eigenvalue weighted by atomic mass is 9.96. The van der Waals surface area contributed by atoms with Crippen LogP contribution in [0.1, 0.15) is 45.1 Å². The fraction of sp³-hybridized carbons (Fsp3) is 0.486. The second-order valence-corrected chi connectivity index (χ2v) is 13.4. The van der Waals surface area contributed by atoms with Crippen LogP contribution in [-0.4, -0.2) is 89.1 Å². The highest BCUT2D eigenvalue weighted by Gasteiger charge is 2.22. The molecule has 2 aliphatic heterocycles.